The SMILES string of the molecule is Cc1ccc(C(CC(=O)Nc2ncc(Cc3ccc(Cl)c(Cl)c3)s2)c2ccccc2)cc1. The molecule has 0 aliphatic carbocycles. The Kier molecular flexibility index (Phi) is 7.26. The number of thiazole rings is 1. The molecule has 3 aromatic carbocycles. The average Bonchev–Trinajstić information content (AvgIpc) is 3.22. The van der Waals surface area contributed by atoms with Crippen LogP contribution in [0.2, 0.25) is 10.0 Å². The quantitative estimate of drug-likeness (QED) is 0.297. The smallest absolute Gasteiger partial charge is 0.227 e. The number of carbonyl (C=O) groups is 1. The van der Waals surface area contributed by atoms with Gasteiger partial charge in [-0.1, -0.05) is 89.4 Å². The summed E-state index contributed by atoms with van der Waals surface area (Å²) in [5.74, 6) is -0.0812. The number of halogens is 2. The second-order valence-electron chi connectivity index (χ2n) is 7.68. The van der Waals surface area contributed by atoms with Crippen LogP contribution in [0.25, 0.3) is 0 Å². The third-order valence-electron chi connectivity index (χ3n) is 5.23. The number of hydrogen-bond donors (Lipinski definition) is 1. The highest BCUT2D eigenvalue weighted by atomic mass is 35.5. The van der Waals surface area contributed by atoms with Crippen molar-refractivity contribution in [3.8, 4) is 0 Å². The minimum absolute atomic E-state index is 0.0209. The van der Waals surface area contributed by atoms with Gasteiger partial charge >= 0.3 is 0 Å². The van der Waals surface area contributed by atoms with Gasteiger partial charge in [0, 0.05) is 29.8 Å². The van der Waals surface area contributed by atoms with Crippen molar-refractivity contribution in [2.24, 2.45) is 0 Å². The first kappa shape index (κ1) is 22.5. The average molecular weight is 481 g/mol. The molecule has 3 nitrogen and oxygen atoms in total. The van der Waals surface area contributed by atoms with Crippen LogP contribution in [-0.2, 0) is 11.2 Å². The van der Waals surface area contributed by atoms with Gasteiger partial charge in [0.15, 0.2) is 5.13 Å². The van der Waals surface area contributed by atoms with Crippen LogP contribution in [0.15, 0.2) is 79.0 Å². The summed E-state index contributed by atoms with van der Waals surface area (Å²) < 4.78 is 0. The van der Waals surface area contributed by atoms with Crippen LogP contribution in [0.1, 0.15) is 39.5 Å². The van der Waals surface area contributed by atoms with Crippen LogP contribution < -0.4 is 5.32 Å². The Bertz CT molecular complexity index is 1210. The molecule has 0 aliphatic heterocycles. The van der Waals surface area contributed by atoms with Crippen molar-refractivity contribution in [1.29, 1.82) is 0 Å². The number of benzene rings is 3. The molecular formula is C26H22Cl2N2OS. The van der Waals surface area contributed by atoms with Crippen LogP contribution in [0, 0.1) is 6.92 Å². The van der Waals surface area contributed by atoms with Crippen molar-refractivity contribution in [3.05, 3.63) is 116 Å². The van der Waals surface area contributed by atoms with E-state index in [-0.39, 0.29) is 11.8 Å². The lowest BCUT2D eigenvalue weighted by Gasteiger charge is -2.17. The van der Waals surface area contributed by atoms with Gasteiger partial charge in [-0.05, 0) is 35.7 Å². The van der Waals surface area contributed by atoms with E-state index in [4.69, 9.17) is 23.2 Å². The molecule has 1 amide bonds. The molecule has 32 heavy (non-hydrogen) atoms. The molecule has 0 spiro atoms. The molecule has 0 aliphatic rings. The zero-order chi connectivity index (χ0) is 22.5. The van der Waals surface area contributed by atoms with Gasteiger partial charge in [0.25, 0.3) is 0 Å². The molecule has 0 radical (unpaired) electrons. The topological polar surface area (TPSA) is 42.0 Å². The Labute approximate surface area is 202 Å². The fourth-order valence-corrected chi connectivity index (χ4v) is 4.75. The molecule has 0 saturated carbocycles. The minimum Gasteiger partial charge on any atom is -0.302 e. The van der Waals surface area contributed by atoms with E-state index in [0.717, 1.165) is 21.6 Å². The summed E-state index contributed by atoms with van der Waals surface area (Å²) in [4.78, 5) is 18.3. The fraction of sp³-hybridized carbons (Fsp3) is 0.154. The number of aromatic nitrogens is 1. The molecule has 162 valence electrons. The molecule has 1 atom stereocenters. The van der Waals surface area contributed by atoms with Gasteiger partial charge in [-0.3, -0.25) is 4.79 Å². The Balaban J connectivity index is 1.45. The summed E-state index contributed by atoms with van der Waals surface area (Å²) in [6.45, 7) is 2.06. The second-order valence-corrected chi connectivity index (χ2v) is 9.61. The molecular weight excluding hydrogens is 459 g/mol. The Morgan fingerprint density at radius 1 is 0.969 bits per heavy atom. The van der Waals surface area contributed by atoms with Crippen molar-refractivity contribution in [1.82, 2.24) is 4.98 Å². The Morgan fingerprint density at radius 3 is 2.41 bits per heavy atom. The van der Waals surface area contributed by atoms with Crippen LogP contribution >= 0.6 is 34.5 Å². The van der Waals surface area contributed by atoms with Gasteiger partial charge in [0.05, 0.1) is 10.0 Å². The normalized spacial score (nSPS) is 11.8. The predicted octanol–water partition coefficient (Wildman–Crippen LogP) is 7.51. The summed E-state index contributed by atoms with van der Waals surface area (Å²) in [5.41, 5.74) is 4.48. The summed E-state index contributed by atoms with van der Waals surface area (Å²) in [6.07, 6.45) is 2.81. The van der Waals surface area contributed by atoms with Gasteiger partial charge in [-0.15, -0.1) is 11.3 Å². The fourth-order valence-electron chi connectivity index (χ4n) is 3.57. The molecule has 6 heteroatoms. The van der Waals surface area contributed by atoms with Gasteiger partial charge in [0.2, 0.25) is 5.91 Å². The largest absolute Gasteiger partial charge is 0.302 e. The number of nitrogens with zero attached hydrogens (tertiary/aromatic N) is 1. The third kappa shape index (κ3) is 5.77. The summed E-state index contributed by atoms with van der Waals surface area (Å²) >= 11 is 13.6. The summed E-state index contributed by atoms with van der Waals surface area (Å²) in [5, 5.41) is 4.64. The van der Waals surface area contributed by atoms with Crippen LogP contribution in [0.3, 0.4) is 0 Å². The minimum atomic E-state index is -0.0603. The number of carbonyl (C=O) groups excluding carboxylic acids is 1. The molecule has 4 aromatic rings. The van der Waals surface area contributed by atoms with E-state index < -0.39 is 0 Å². The van der Waals surface area contributed by atoms with E-state index in [1.165, 1.54) is 16.9 Å². The van der Waals surface area contributed by atoms with Gasteiger partial charge < -0.3 is 5.32 Å². The Hall–Kier alpha value is -2.66. The van der Waals surface area contributed by atoms with Crippen LogP contribution in [0.4, 0.5) is 5.13 Å². The standard InChI is InChI=1S/C26H22Cl2N2OS/c1-17-7-10-20(11-8-17)22(19-5-3-2-4-6-19)15-25(31)30-26-29-16-21(32-26)13-18-9-12-23(27)24(28)14-18/h2-12,14,16,22H,13,15H2,1H3,(H,29,30,31). The predicted molar refractivity (Wildman–Crippen MR) is 134 cm³/mol. The maximum absolute atomic E-state index is 12.9. The maximum Gasteiger partial charge on any atom is 0.227 e. The number of nitrogens with one attached hydrogen (secondary N) is 1. The number of aryl methyl sites for hydroxylation is 1. The first-order valence-electron chi connectivity index (χ1n) is 10.3. The van der Waals surface area contributed by atoms with Crippen molar-refractivity contribution in [2.75, 3.05) is 5.32 Å². The molecule has 1 heterocycles. The van der Waals surface area contributed by atoms with E-state index >= 15 is 0 Å². The van der Waals surface area contributed by atoms with Gasteiger partial charge in [0.1, 0.15) is 0 Å². The van der Waals surface area contributed by atoms with Crippen LogP contribution in [0.5, 0.6) is 0 Å². The van der Waals surface area contributed by atoms with Crippen molar-refractivity contribution >= 4 is 45.6 Å². The summed E-state index contributed by atoms with van der Waals surface area (Å²) in [6, 6.07) is 24.1. The van der Waals surface area contributed by atoms with Crippen molar-refractivity contribution in [2.45, 2.75) is 25.7 Å². The highest BCUT2D eigenvalue weighted by Crippen LogP contribution is 2.30. The second kappa shape index (κ2) is 10.3. The van der Waals surface area contributed by atoms with Crippen molar-refractivity contribution in [3.63, 3.8) is 0 Å². The van der Waals surface area contributed by atoms with E-state index in [1.807, 2.05) is 30.3 Å². The number of amides is 1. The Morgan fingerprint density at radius 2 is 1.69 bits per heavy atom. The molecule has 1 aromatic heterocycles. The van der Waals surface area contributed by atoms with E-state index in [1.54, 1.807) is 12.3 Å². The number of rotatable bonds is 7. The monoisotopic (exact) mass is 480 g/mol. The van der Waals surface area contributed by atoms with E-state index in [9.17, 15) is 4.79 Å². The number of hydrogen-bond acceptors (Lipinski definition) is 3. The molecule has 0 bridgehead atoms. The zero-order valence-corrected chi connectivity index (χ0v) is 19.8. The molecule has 0 fully saturated rings. The van der Waals surface area contributed by atoms with E-state index in [2.05, 4.69) is 53.6 Å². The molecule has 0 saturated heterocycles. The first-order valence-corrected chi connectivity index (χ1v) is 11.8. The lowest BCUT2D eigenvalue weighted by atomic mass is 9.88. The van der Waals surface area contributed by atoms with E-state index in [0.29, 0.717) is 28.0 Å². The maximum atomic E-state index is 12.9. The summed E-state index contributed by atoms with van der Waals surface area (Å²) in [7, 11) is 0. The van der Waals surface area contributed by atoms with Gasteiger partial charge in [-0.2, -0.15) is 0 Å². The zero-order valence-electron chi connectivity index (χ0n) is 17.5. The van der Waals surface area contributed by atoms with Gasteiger partial charge in [-0.25, -0.2) is 4.98 Å². The lowest BCUT2D eigenvalue weighted by Crippen LogP contribution is -2.16. The molecule has 4 rings (SSSR count). The third-order valence-corrected chi connectivity index (χ3v) is 6.89. The highest BCUT2D eigenvalue weighted by Gasteiger charge is 2.19. The molecule has 1 N–H and O–H groups in total. The van der Waals surface area contributed by atoms with Crippen molar-refractivity contribution < 1.29 is 4.79 Å². The first-order chi connectivity index (χ1) is 15.5. The highest BCUT2D eigenvalue weighted by molar-refractivity contribution is 7.15. The lowest BCUT2D eigenvalue weighted by molar-refractivity contribution is -0.116. The number of anilines is 1. The molecule has 1 unspecified atom stereocenters. The van der Waals surface area contributed by atoms with Crippen LogP contribution in [-0.4, -0.2) is 10.9 Å².